The molecule has 20 heteroatoms. The van der Waals surface area contributed by atoms with Gasteiger partial charge < -0.3 is 18.6 Å². The zero-order valence-electron chi connectivity index (χ0n) is 19.3. The molecule has 0 saturated carbocycles. The molecule has 224 valence electrons. The zero-order valence-corrected chi connectivity index (χ0v) is 20.3. The fourth-order valence-corrected chi connectivity index (χ4v) is 5.40. The molecule has 4 nitrogen and oxygen atoms in total. The molecule has 0 aromatic carbocycles. The van der Waals surface area contributed by atoms with Crippen molar-refractivity contribution in [2.45, 2.75) is 74.9 Å². The summed E-state index contributed by atoms with van der Waals surface area (Å²) in [7, 11) is -3.38. The van der Waals surface area contributed by atoms with Crippen molar-refractivity contribution in [1.29, 1.82) is 0 Å². The number of hydrogen-bond donors (Lipinski definition) is 1. The first-order chi connectivity index (χ1) is 16.4. The molecule has 0 atom stereocenters. The van der Waals surface area contributed by atoms with Crippen LogP contribution in [0, 0.1) is 0 Å². The van der Waals surface area contributed by atoms with E-state index in [0.29, 0.717) is 0 Å². The van der Waals surface area contributed by atoms with Gasteiger partial charge in [0.25, 0.3) is 0 Å². The lowest BCUT2D eigenvalue weighted by atomic mass is 9.91. The second-order valence-corrected chi connectivity index (χ2v) is 10.1. The van der Waals surface area contributed by atoms with Crippen molar-refractivity contribution >= 4 is 8.80 Å². The molecule has 37 heavy (non-hydrogen) atoms. The van der Waals surface area contributed by atoms with Crippen LogP contribution in [-0.4, -0.2) is 83.4 Å². The molecule has 0 aliphatic carbocycles. The Balaban J connectivity index is 5.69. The molecule has 0 aromatic heterocycles. The van der Waals surface area contributed by atoms with Crippen LogP contribution in [0.5, 0.6) is 0 Å². The molecule has 0 rings (SSSR count). The van der Waals surface area contributed by atoms with Gasteiger partial charge >= 0.3 is 50.5 Å². The van der Waals surface area contributed by atoms with E-state index in [4.69, 9.17) is 13.3 Å². The van der Waals surface area contributed by atoms with Gasteiger partial charge in [0.2, 0.25) is 0 Å². The van der Waals surface area contributed by atoms with Crippen LogP contribution in [0.15, 0.2) is 0 Å². The summed E-state index contributed by atoms with van der Waals surface area (Å²) in [5, 5.41) is 1.48. The summed E-state index contributed by atoms with van der Waals surface area (Å²) in [4.78, 5) is 0. The van der Waals surface area contributed by atoms with E-state index in [-0.39, 0.29) is 32.3 Å². The lowest BCUT2D eigenvalue weighted by Crippen LogP contribution is -2.73. The van der Waals surface area contributed by atoms with Crippen molar-refractivity contribution in [1.82, 2.24) is 5.32 Å². The van der Waals surface area contributed by atoms with Crippen molar-refractivity contribution < 1.29 is 79.1 Å². The molecule has 0 aliphatic rings. The van der Waals surface area contributed by atoms with Gasteiger partial charge in [0.05, 0.1) is 6.54 Å². The first-order valence-electron chi connectivity index (χ1n) is 10.3. The van der Waals surface area contributed by atoms with Crippen molar-refractivity contribution in [3.8, 4) is 0 Å². The van der Waals surface area contributed by atoms with E-state index < -0.39 is 63.6 Å². The molecule has 0 bridgehead atoms. The summed E-state index contributed by atoms with van der Waals surface area (Å²) in [6.07, 6.45) is -7.89. The maximum atomic E-state index is 13.8. The normalized spacial score (nSPS) is 15.4. The minimum Gasteiger partial charge on any atom is -0.374 e. The van der Waals surface area contributed by atoms with Gasteiger partial charge in [0, 0.05) is 25.9 Å². The third-order valence-corrected chi connectivity index (χ3v) is 7.82. The number of rotatable bonds is 17. The van der Waals surface area contributed by atoms with Gasteiger partial charge in [-0.1, -0.05) is 0 Å². The number of nitrogens with one attached hydrogen (secondary N) is 1. The lowest BCUT2D eigenvalue weighted by molar-refractivity contribution is -0.451. The highest BCUT2D eigenvalue weighted by molar-refractivity contribution is 6.60. The fourth-order valence-electron chi connectivity index (χ4n) is 2.79. The van der Waals surface area contributed by atoms with Crippen LogP contribution in [0.2, 0.25) is 6.04 Å². The van der Waals surface area contributed by atoms with E-state index >= 15 is 0 Å². The summed E-state index contributed by atoms with van der Waals surface area (Å²) in [5.74, 6) is -46.5. The van der Waals surface area contributed by atoms with Gasteiger partial charge in [0.15, 0.2) is 0 Å². The summed E-state index contributed by atoms with van der Waals surface area (Å²) < 4.78 is 214. The van der Waals surface area contributed by atoms with E-state index in [1.807, 2.05) is 0 Å². The van der Waals surface area contributed by atoms with Gasteiger partial charge in [0.1, 0.15) is 0 Å². The van der Waals surface area contributed by atoms with E-state index in [1.54, 1.807) is 20.8 Å². The molecular weight excluding hydrogens is 579 g/mol. The Kier molecular flexibility index (Phi) is 11.7. The van der Waals surface area contributed by atoms with Gasteiger partial charge in [-0.3, -0.25) is 0 Å². The molecule has 0 radical (unpaired) electrons. The second-order valence-electron chi connectivity index (χ2n) is 7.34. The average Bonchev–Trinajstić information content (AvgIpc) is 2.72. The highest BCUT2D eigenvalue weighted by Crippen LogP contribution is 2.62. The van der Waals surface area contributed by atoms with Crippen LogP contribution in [0.3, 0.4) is 0 Å². The minimum absolute atomic E-state index is 0.0747. The first kappa shape index (κ1) is 36.0. The SMILES string of the molecule is CCO[Si](CCCNCC(F)(F)C(F)(F)C(F)(F)C(F)(F)C(F)(F)C(F)(F)C(F)(F)F)(OCC)OCC. The Labute approximate surface area is 202 Å². The standard InChI is InChI=1S/C17H24F15NO3Si/c1-4-34-37(35-5-2,36-6-3)9-7-8-33-10-11(18,19)12(20,21)13(22,23)14(24,25)15(26,27)16(28,29)17(30,31)32/h33H,4-10H2,1-3H3. The van der Waals surface area contributed by atoms with Crippen LogP contribution in [0.25, 0.3) is 0 Å². The van der Waals surface area contributed by atoms with Crippen LogP contribution >= 0.6 is 0 Å². The molecule has 0 spiro atoms. The summed E-state index contributed by atoms with van der Waals surface area (Å²) in [6, 6.07) is -0.134. The van der Waals surface area contributed by atoms with Crippen LogP contribution in [0.1, 0.15) is 27.2 Å². The second kappa shape index (κ2) is 12.0. The monoisotopic (exact) mass is 603 g/mol. The highest BCUT2D eigenvalue weighted by Gasteiger charge is 2.93. The van der Waals surface area contributed by atoms with Crippen molar-refractivity contribution in [3.63, 3.8) is 0 Å². The number of hydrogen-bond acceptors (Lipinski definition) is 4. The van der Waals surface area contributed by atoms with E-state index in [9.17, 15) is 65.9 Å². The average molecular weight is 603 g/mol. The smallest absolute Gasteiger partial charge is 0.374 e. The Hall–Kier alpha value is -0.993. The topological polar surface area (TPSA) is 39.7 Å². The van der Waals surface area contributed by atoms with Gasteiger partial charge in [-0.25, -0.2) is 0 Å². The van der Waals surface area contributed by atoms with E-state index in [0.717, 1.165) is 0 Å². The van der Waals surface area contributed by atoms with Crippen molar-refractivity contribution in [2.24, 2.45) is 0 Å². The van der Waals surface area contributed by atoms with E-state index in [1.165, 1.54) is 5.32 Å². The van der Waals surface area contributed by atoms with E-state index in [2.05, 4.69) is 0 Å². The third-order valence-electron chi connectivity index (χ3n) is 4.67. The Morgan fingerprint density at radius 3 is 1.24 bits per heavy atom. The van der Waals surface area contributed by atoms with Crippen LogP contribution in [-0.2, 0) is 13.3 Å². The molecule has 0 heterocycles. The molecule has 0 saturated heterocycles. The minimum atomic E-state index is -8.29. The highest BCUT2D eigenvalue weighted by atomic mass is 28.4. The Morgan fingerprint density at radius 2 is 0.892 bits per heavy atom. The van der Waals surface area contributed by atoms with Crippen molar-refractivity contribution in [3.05, 3.63) is 0 Å². The predicted molar refractivity (Wildman–Crippen MR) is 98.7 cm³/mol. The summed E-state index contributed by atoms with van der Waals surface area (Å²) in [6.45, 7) is 1.55. The molecule has 0 fully saturated rings. The molecule has 0 amide bonds. The van der Waals surface area contributed by atoms with Crippen LogP contribution < -0.4 is 5.32 Å². The maximum absolute atomic E-state index is 13.8. The van der Waals surface area contributed by atoms with Gasteiger partial charge in [-0.2, -0.15) is 65.9 Å². The Bertz CT molecular complexity index is 702. The summed E-state index contributed by atoms with van der Waals surface area (Å²) in [5.41, 5.74) is 0. The first-order valence-corrected chi connectivity index (χ1v) is 12.3. The van der Waals surface area contributed by atoms with Gasteiger partial charge in [-0.15, -0.1) is 0 Å². The lowest BCUT2D eigenvalue weighted by Gasteiger charge is -2.41. The quantitative estimate of drug-likeness (QED) is 0.119. The number of alkyl halides is 15. The molecule has 0 unspecified atom stereocenters. The summed E-state index contributed by atoms with van der Waals surface area (Å²) >= 11 is 0. The maximum Gasteiger partial charge on any atom is 0.500 e. The largest absolute Gasteiger partial charge is 0.500 e. The van der Waals surface area contributed by atoms with Crippen molar-refractivity contribution in [2.75, 3.05) is 32.9 Å². The number of halogens is 15. The molecular formula is C17H24F15NO3Si. The molecule has 1 N–H and O–H groups in total. The Morgan fingerprint density at radius 1 is 0.541 bits per heavy atom. The zero-order chi connectivity index (χ0) is 29.8. The molecule has 0 aliphatic heterocycles. The van der Waals surface area contributed by atoms with Crippen LogP contribution in [0.4, 0.5) is 65.9 Å². The third kappa shape index (κ3) is 6.78. The molecule has 0 aromatic rings. The predicted octanol–water partition coefficient (Wildman–Crippen LogP) is 6.39. The van der Waals surface area contributed by atoms with Gasteiger partial charge in [-0.05, 0) is 33.7 Å². The fraction of sp³-hybridized carbons (Fsp3) is 1.00.